The van der Waals surface area contributed by atoms with Gasteiger partial charge in [0.2, 0.25) is 0 Å². The summed E-state index contributed by atoms with van der Waals surface area (Å²) in [5.74, 6) is 5.30. The molecule has 1 rings (SSSR count). The molecule has 0 heterocycles. The van der Waals surface area contributed by atoms with E-state index in [1.165, 1.54) is 11.8 Å². The maximum Gasteiger partial charge on any atom is 0.0676 e. The Labute approximate surface area is 84.1 Å². The summed E-state index contributed by atoms with van der Waals surface area (Å²) in [5.41, 5.74) is 3.12. The lowest BCUT2D eigenvalue weighted by molar-refractivity contribution is 1.11. The average Bonchev–Trinajstić information content (AvgIpc) is 2.21. The third-order valence-corrected chi connectivity index (χ3v) is 2.07. The van der Waals surface area contributed by atoms with Gasteiger partial charge in [-0.3, -0.25) is 0 Å². The fraction of sp³-hybridized carbons (Fsp3) is 0.273. The van der Waals surface area contributed by atoms with Crippen molar-refractivity contribution in [3.63, 3.8) is 0 Å². The molecule has 0 unspecified atom stereocenters. The SMILES string of the molecule is Cc1ccc(/C(CCC=N)=N/N)cc1. The predicted octanol–water partition coefficient (Wildman–Crippen LogP) is 2.09. The van der Waals surface area contributed by atoms with Crippen LogP contribution < -0.4 is 5.84 Å². The van der Waals surface area contributed by atoms with Crippen molar-refractivity contribution in [1.29, 1.82) is 5.41 Å². The lowest BCUT2D eigenvalue weighted by Crippen LogP contribution is -2.04. The molecule has 0 aliphatic heterocycles. The number of hydrogen-bond donors (Lipinski definition) is 2. The lowest BCUT2D eigenvalue weighted by Gasteiger charge is -2.03. The molecule has 1 aromatic rings. The zero-order valence-corrected chi connectivity index (χ0v) is 8.33. The summed E-state index contributed by atoms with van der Waals surface area (Å²) in [6.07, 6.45) is 2.78. The highest BCUT2D eigenvalue weighted by Gasteiger charge is 2.01. The van der Waals surface area contributed by atoms with Gasteiger partial charge in [-0.2, -0.15) is 5.10 Å². The van der Waals surface area contributed by atoms with Crippen LogP contribution in [0.1, 0.15) is 24.0 Å². The number of hydrazone groups is 1. The number of hydrogen-bond acceptors (Lipinski definition) is 3. The minimum absolute atomic E-state index is 0.684. The highest BCUT2D eigenvalue weighted by Crippen LogP contribution is 2.07. The van der Waals surface area contributed by atoms with Crippen LogP contribution in [0.2, 0.25) is 0 Å². The predicted molar refractivity (Wildman–Crippen MR) is 59.9 cm³/mol. The largest absolute Gasteiger partial charge is 0.323 e. The number of nitrogens with two attached hydrogens (primary N) is 1. The summed E-state index contributed by atoms with van der Waals surface area (Å²) in [5, 5.41) is 10.7. The first-order chi connectivity index (χ1) is 6.77. The van der Waals surface area contributed by atoms with Gasteiger partial charge in [-0.25, -0.2) is 0 Å². The Bertz CT molecular complexity index is 325. The molecule has 0 saturated heterocycles. The molecule has 0 radical (unpaired) electrons. The third kappa shape index (κ3) is 2.69. The molecule has 14 heavy (non-hydrogen) atoms. The minimum atomic E-state index is 0.684. The summed E-state index contributed by atoms with van der Waals surface area (Å²) in [6, 6.07) is 8.08. The van der Waals surface area contributed by atoms with Crippen LogP contribution in [0, 0.1) is 12.3 Å². The second-order valence-electron chi connectivity index (χ2n) is 3.18. The summed E-state index contributed by atoms with van der Waals surface area (Å²) >= 11 is 0. The van der Waals surface area contributed by atoms with E-state index < -0.39 is 0 Å². The van der Waals surface area contributed by atoms with E-state index in [4.69, 9.17) is 11.3 Å². The van der Waals surface area contributed by atoms with E-state index in [-0.39, 0.29) is 0 Å². The van der Waals surface area contributed by atoms with Crippen molar-refractivity contribution in [1.82, 2.24) is 0 Å². The number of benzene rings is 1. The molecule has 0 bridgehead atoms. The first kappa shape index (κ1) is 10.4. The van der Waals surface area contributed by atoms with Crippen molar-refractivity contribution in [3.05, 3.63) is 35.4 Å². The van der Waals surface area contributed by atoms with Crippen LogP contribution in [0.4, 0.5) is 0 Å². The molecule has 0 aliphatic carbocycles. The van der Waals surface area contributed by atoms with E-state index in [2.05, 4.69) is 5.10 Å². The van der Waals surface area contributed by atoms with Crippen molar-refractivity contribution in [2.45, 2.75) is 19.8 Å². The highest BCUT2D eigenvalue weighted by atomic mass is 15.1. The van der Waals surface area contributed by atoms with Gasteiger partial charge in [0.25, 0.3) is 0 Å². The number of rotatable bonds is 4. The van der Waals surface area contributed by atoms with Crippen LogP contribution in [0.3, 0.4) is 0 Å². The van der Waals surface area contributed by atoms with E-state index in [0.717, 1.165) is 17.7 Å². The average molecular weight is 189 g/mol. The van der Waals surface area contributed by atoms with Gasteiger partial charge in [-0.1, -0.05) is 29.8 Å². The summed E-state index contributed by atoms with van der Waals surface area (Å²) in [7, 11) is 0. The van der Waals surface area contributed by atoms with Gasteiger partial charge in [0.1, 0.15) is 0 Å². The van der Waals surface area contributed by atoms with Gasteiger partial charge in [0.05, 0.1) is 5.71 Å². The minimum Gasteiger partial charge on any atom is -0.323 e. The van der Waals surface area contributed by atoms with E-state index in [1.807, 2.05) is 31.2 Å². The maximum atomic E-state index is 6.95. The van der Waals surface area contributed by atoms with E-state index in [9.17, 15) is 0 Å². The first-order valence-corrected chi connectivity index (χ1v) is 4.60. The van der Waals surface area contributed by atoms with Gasteiger partial charge < -0.3 is 11.3 Å². The van der Waals surface area contributed by atoms with E-state index in [1.54, 1.807) is 0 Å². The van der Waals surface area contributed by atoms with E-state index in [0.29, 0.717) is 6.42 Å². The smallest absolute Gasteiger partial charge is 0.0676 e. The Balaban J connectivity index is 2.79. The summed E-state index contributed by atoms with van der Waals surface area (Å²) in [6.45, 7) is 2.04. The van der Waals surface area contributed by atoms with Crippen molar-refractivity contribution in [2.75, 3.05) is 0 Å². The van der Waals surface area contributed by atoms with Gasteiger partial charge in [0.15, 0.2) is 0 Å². The first-order valence-electron chi connectivity index (χ1n) is 4.60. The fourth-order valence-electron chi connectivity index (χ4n) is 1.24. The van der Waals surface area contributed by atoms with Gasteiger partial charge in [-0.05, 0) is 31.5 Å². The second kappa shape index (κ2) is 5.17. The second-order valence-corrected chi connectivity index (χ2v) is 3.18. The van der Waals surface area contributed by atoms with Crippen LogP contribution in [-0.4, -0.2) is 11.9 Å². The van der Waals surface area contributed by atoms with Crippen LogP contribution in [0.15, 0.2) is 29.4 Å². The van der Waals surface area contributed by atoms with Gasteiger partial charge >= 0.3 is 0 Å². The number of nitrogens with one attached hydrogen (secondary N) is 1. The van der Waals surface area contributed by atoms with E-state index >= 15 is 0 Å². The highest BCUT2D eigenvalue weighted by molar-refractivity contribution is 6.01. The van der Waals surface area contributed by atoms with Gasteiger partial charge in [0, 0.05) is 0 Å². The number of aryl methyl sites for hydroxylation is 1. The molecule has 0 amide bonds. The molecule has 0 aliphatic rings. The monoisotopic (exact) mass is 189 g/mol. The normalized spacial score (nSPS) is 11.4. The Kier molecular flexibility index (Phi) is 3.85. The van der Waals surface area contributed by atoms with Crippen molar-refractivity contribution in [3.8, 4) is 0 Å². The molecular weight excluding hydrogens is 174 g/mol. The zero-order chi connectivity index (χ0) is 10.4. The topological polar surface area (TPSA) is 62.2 Å². The van der Waals surface area contributed by atoms with Crippen molar-refractivity contribution >= 4 is 11.9 Å². The van der Waals surface area contributed by atoms with Gasteiger partial charge in [-0.15, -0.1) is 0 Å². The molecule has 0 aromatic heterocycles. The maximum absolute atomic E-state index is 6.95. The quantitative estimate of drug-likeness (QED) is 0.425. The molecule has 0 fully saturated rings. The van der Waals surface area contributed by atoms with Crippen LogP contribution in [0.5, 0.6) is 0 Å². The van der Waals surface area contributed by atoms with Crippen molar-refractivity contribution in [2.24, 2.45) is 10.9 Å². The standard InChI is InChI=1S/C11H15N3/c1-9-4-6-10(7-5-9)11(14-13)3-2-8-12/h4-8,12H,2-3,13H2,1H3/b12-8?,14-11+. The molecular formula is C11H15N3. The molecule has 3 nitrogen and oxygen atoms in total. The molecule has 1 aromatic carbocycles. The van der Waals surface area contributed by atoms with Crippen LogP contribution in [0.25, 0.3) is 0 Å². The Hall–Kier alpha value is -1.64. The molecule has 0 spiro atoms. The van der Waals surface area contributed by atoms with Crippen molar-refractivity contribution < 1.29 is 0 Å². The zero-order valence-electron chi connectivity index (χ0n) is 8.33. The molecule has 74 valence electrons. The lowest BCUT2D eigenvalue weighted by atomic mass is 10.0. The molecule has 3 heteroatoms. The van der Waals surface area contributed by atoms with Crippen LogP contribution in [-0.2, 0) is 0 Å². The molecule has 0 saturated carbocycles. The Morgan fingerprint density at radius 2 is 2.07 bits per heavy atom. The molecule has 0 atom stereocenters. The molecule has 3 N–H and O–H groups in total. The van der Waals surface area contributed by atoms with Crippen LogP contribution >= 0.6 is 0 Å². The summed E-state index contributed by atoms with van der Waals surface area (Å²) in [4.78, 5) is 0. The third-order valence-electron chi connectivity index (χ3n) is 2.07. The summed E-state index contributed by atoms with van der Waals surface area (Å²) < 4.78 is 0. The Morgan fingerprint density at radius 3 is 2.57 bits per heavy atom. The number of nitrogens with zero attached hydrogens (tertiary/aromatic N) is 1. The fourth-order valence-corrected chi connectivity index (χ4v) is 1.24. The Morgan fingerprint density at radius 1 is 1.43 bits per heavy atom.